The fourth-order valence-corrected chi connectivity index (χ4v) is 2.79. The Bertz CT molecular complexity index is 662. The number of thiol groups is 1. The Morgan fingerprint density at radius 3 is 2.24 bits per heavy atom. The van der Waals surface area contributed by atoms with Crippen LogP contribution < -0.4 is 5.32 Å². The van der Waals surface area contributed by atoms with Crippen molar-refractivity contribution in [2.24, 2.45) is 0 Å². The summed E-state index contributed by atoms with van der Waals surface area (Å²) in [5.74, 6) is -0.511. The van der Waals surface area contributed by atoms with Crippen LogP contribution in [0.4, 0.5) is 10.5 Å². The van der Waals surface area contributed by atoms with Gasteiger partial charge in [-0.1, -0.05) is 31.0 Å². The van der Waals surface area contributed by atoms with Crippen molar-refractivity contribution in [2.45, 2.75) is 0 Å². The maximum absolute atomic E-state index is 12.1. The number of carbonyl (C=O) groups excluding carboxylic acids is 2. The first kappa shape index (κ1) is 16.0. The first-order valence-corrected chi connectivity index (χ1v) is 7.68. The van der Waals surface area contributed by atoms with Gasteiger partial charge in [0.05, 0.1) is 0 Å². The van der Waals surface area contributed by atoms with Crippen LogP contribution in [0, 0.1) is 0 Å². The van der Waals surface area contributed by atoms with Crippen LogP contribution in [0.5, 0.6) is 0 Å². The van der Waals surface area contributed by atoms with Crippen LogP contribution >= 0.6 is 44.7 Å². The molecule has 8 heteroatoms. The fourth-order valence-electron chi connectivity index (χ4n) is 1.51. The Hall–Kier alpha value is -1.38. The van der Waals surface area contributed by atoms with Gasteiger partial charge in [0.1, 0.15) is 9.21 Å². The van der Waals surface area contributed by atoms with Gasteiger partial charge in [0.2, 0.25) is 0 Å². The number of imide groups is 1. The van der Waals surface area contributed by atoms with E-state index in [1.54, 1.807) is 42.5 Å². The van der Waals surface area contributed by atoms with Gasteiger partial charge in [-0.25, -0.2) is 14.1 Å². The lowest BCUT2D eigenvalue weighted by Crippen LogP contribution is -2.32. The fraction of sp³-hybridized carbons (Fsp3) is 0. The van der Waals surface area contributed by atoms with Crippen molar-refractivity contribution in [3.8, 4) is 0 Å². The molecule has 0 radical (unpaired) electrons. The number of rotatable bonds is 2. The van der Waals surface area contributed by atoms with Crippen molar-refractivity contribution in [1.29, 1.82) is 0 Å². The average molecular weight is 431 g/mol. The van der Waals surface area contributed by atoms with Crippen LogP contribution in [0.25, 0.3) is 0 Å². The van der Waals surface area contributed by atoms with E-state index in [1.807, 2.05) is 0 Å². The van der Waals surface area contributed by atoms with E-state index in [-0.39, 0.29) is 0 Å². The molecule has 0 unspecified atom stereocenters. The molecule has 0 bridgehead atoms. The van der Waals surface area contributed by atoms with Crippen molar-refractivity contribution in [3.05, 3.63) is 57.2 Å². The predicted octanol–water partition coefficient (Wildman–Crippen LogP) is 4.13. The van der Waals surface area contributed by atoms with E-state index in [9.17, 15) is 9.59 Å². The third kappa shape index (κ3) is 4.29. The van der Waals surface area contributed by atoms with Gasteiger partial charge < -0.3 is 5.32 Å². The summed E-state index contributed by atoms with van der Waals surface area (Å²) in [6.45, 7) is 0. The van der Waals surface area contributed by atoms with Crippen molar-refractivity contribution in [2.75, 3.05) is 5.32 Å². The molecule has 0 saturated carbocycles. The highest BCUT2D eigenvalue weighted by atomic mass is 79.9. The van der Waals surface area contributed by atoms with Crippen molar-refractivity contribution >= 4 is 62.3 Å². The zero-order valence-electron chi connectivity index (χ0n) is 10.5. The second-order valence-corrected chi connectivity index (χ2v) is 5.94. The number of aromatic nitrogens is 1. The predicted molar refractivity (Wildman–Crippen MR) is 90.3 cm³/mol. The van der Waals surface area contributed by atoms with Gasteiger partial charge in [0.15, 0.2) is 0 Å². The lowest BCUT2D eigenvalue weighted by molar-refractivity contribution is 0.0902. The highest BCUT2D eigenvalue weighted by Gasteiger charge is 2.19. The van der Waals surface area contributed by atoms with Crippen LogP contribution in [0.15, 0.2) is 51.7 Å². The van der Waals surface area contributed by atoms with Crippen molar-refractivity contribution in [1.82, 2.24) is 9.29 Å². The minimum Gasteiger partial charge on any atom is -0.307 e. The Morgan fingerprint density at radius 1 is 1.10 bits per heavy atom. The van der Waals surface area contributed by atoms with Crippen molar-refractivity contribution < 1.29 is 9.59 Å². The van der Waals surface area contributed by atoms with E-state index in [4.69, 9.17) is 0 Å². The Balaban J connectivity index is 2.11. The van der Waals surface area contributed by atoms with Gasteiger partial charge in [-0.15, -0.1) is 0 Å². The number of hydrogen-bond acceptors (Lipinski definition) is 4. The molecule has 3 amide bonds. The van der Waals surface area contributed by atoms with Gasteiger partial charge in [-0.2, -0.15) is 0 Å². The zero-order chi connectivity index (χ0) is 15.4. The molecular formula is C13H9Br2N3O2S. The number of nitrogens with one attached hydrogen (secondary N) is 1. The van der Waals surface area contributed by atoms with E-state index in [1.165, 1.54) is 0 Å². The molecule has 1 N–H and O–H groups in total. The molecule has 0 fully saturated rings. The molecule has 0 saturated heterocycles. The first-order valence-electron chi connectivity index (χ1n) is 5.70. The topological polar surface area (TPSA) is 62.3 Å². The Labute approximate surface area is 143 Å². The number of hydrogen-bond donors (Lipinski definition) is 2. The van der Waals surface area contributed by atoms with Gasteiger partial charge in [-0.3, -0.25) is 4.79 Å². The van der Waals surface area contributed by atoms with Gasteiger partial charge in [0, 0.05) is 11.3 Å². The van der Waals surface area contributed by atoms with E-state index in [2.05, 4.69) is 55.0 Å². The van der Waals surface area contributed by atoms with E-state index in [0.29, 0.717) is 20.5 Å². The minimum atomic E-state index is -0.655. The molecule has 0 aliphatic rings. The van der Waals surface area contributed by atoms with Gasteiger partial charge in [0.25, 0.3) is 5.91 Å². The van der Waals surface area contributed by atoms with Crippen LogP contribution in [-0.4, -0.2) is 21.2 Å². The molecule has 1 aromatic heterocycles. The minimum absolute atomic E-state index is 0.375. The molecule has 21 heavy (non-hydrogen) atoms. The average Bonchev–Trinajstić information content (AvgIpc) is 2.45. The summed E-state index contributed by atoms with van der Waals surface area (Å²) >= 11 is 10.4. The maximum Gasteiger partial charge on any atom is 0.338 e. The van der Waals surface area contributed by atoms with E-state index in [0.717, 1.165) is 4.31 Å². The lowest BCUT2D eigenvalue weighted by atomic mass is 10.2. The molecule has 0 aliphatic carbocycles. The van der Waals surface area contributed by atoms with Crippen LogP contribution in [0.2, 0.25) is 0 Å². The largest absolute Gasteiger partial charge is 0.338 e. The monoisotopic (exact) mass is 429 g/mol. The van der Waals surface area contributed by atoms with Crippen LogP contribution in [0.3, 0.4) is 0 Å². The molecule has 2 rings (SSSR count). The number of nitrogens with zero attached hydrogens (tertiary/aromatic N) is 2. The standard InChI is InChI=1S/C13H9Br2N3O2S/c14-10-6-9(7-11(15)17-10)16-13(20)18(21)12(19)8-4-2-1-3-5-8/h1-7,21H,(H,16,17,20). The number of benzene rings is 1. The SMILES string of the molecule is O=C(Nc1cc(Br)nc(Br)c1)N(S)C(=O)c1ccccc1. The number of carbonyl (C=O) groups is 2. The number of urea groups is 1. The van der Waals surface area contributed by atoms with E-state index >= 15 is 0 Å². The second kappa shape index (κ2) is 7.06. The number of anilines is 1. The zero-order valence-corrected chi connectivity index (χ0v) is 14.5. The van der Waals surface area contributed by atoms with Gasteiger partial charge >= 0.3 is 6.03 Å². The molecular weight excluding hydrogens is 422 g/mol. The molecule has 2 aromatic rings. The summed E-state index contributed by atoms with van der Waals surface area (Å²) in [5.41, 5.74) is 0.855. The highest BCUT2D eigenvalue weighted by molar-refractivity contribution is 9.11. The van der Waals surface area contributed by atoms with E-state index < -0.39 is 11.9 Å². The molecule has 0 spiro atoms. The summed E-state index contributed by atoms with van der Waals surface area (Å²) in [7, 11) is 0. The summed E-state index contributed by atoms with van der Waals surface area (Å²) < 4.78 is 1.82. The summed E-state index contributed by atoms with van der Waals surface area (Å²) in [5, 5.41) is 2.56. The summed E-state index contributed by atoms with van der Waals surface area (Å²) in [6.07, 6.45) is 0. The maximum atomic E-state index is 12.1. The second-order valence-electron chi connectivity index (χ2n) is 3.91. The van der Waals surface area contributed by atoms with Crippen LogP contribution in [-0.2, 0) is 0 Å². The molecule has 0 atom stereocenters. The normalized spacial score (nSPS) is 10.0. The van der Waals surface area contributed by atoms with Crippen LogP contribution in [0.1, 0.15) is 10.4 Å². The molecule has 1 heterocycles. The number of pyridine rings is 1. The summed E-state index contributed by atoms with van der Waals surface area (Å²) in [4.78, 5) is 28.1. The highest BCUT2D eigenvalue weighted by Crippen LogP contribution is 2.20. The quantitative estimate of drug-likeness (QED) is 0.556. The molecule has 5 nitrogen and oxygen atoms in total. The third-order valence-electron chi connectivity index (χ3n) is 2.42. The smallest absolute Gasteiger partial charge is 0.307 e. The Morgan fingerprint density at radius 2 is 1.67 bits per heavy atom. The molecule has 108 valence electrons. The number of amides is 3. The summed E-state index contributed by atoms with van der Waals surface area (Å²) in [6, 6.07) is 11.0. The number of halogens is 2. The van der Waals surface area contributed by atoms with Gasteiger partial charge in [-0.05, 0) is 56.1 Å². The Kier molecular flexibility index (Phi) is 5.38. The first-order chi connectivity index (χ1) is 9.97. The molecule has 1 aromatic carbocycles. The van der Waals surface area contributed by atoms with Crippen molar-refractivity contribution in [3.63, 3.8) is 0 Å². The third-order valence-corrected chi connectivity index (χ3v) is 3.60. The lowest BCUT2D eigenvalue weighted by Gasteiger charge is -2.15. The molecule has 0 aliphatic heterocycles.